The lowest BCUT2D eigenvalue weighted by Crippen LogP contribution is -2.30. The van der Waals surface area contributed by atoms with Gasteiger partial charge in [-0.1, -0.05) is 58.0 Å². The zero-order valence-electron chi connectivity index (χ0n) is 25.1. The molecule has 0 radical (unpaired) electrons. The molecular formula is C34H38ClN5O3. The molecule has 0 atom stereocenters. The molecule has 0 fully saturated rings. The predicted molar refractivity (Wildman–Crippen MR) is 174 cm³/mol. The number of hydrogen-bond donors (Lipinski definition) is 2. The Balaban J connectivity index is 1.87. The molecule has 2 amide bonds. The maximum absolute atomic E-state index is 14.2. The van der Waals surface area contributed by atoms with Crippen LogP contribution in [0.5, 0.6) is 5.75 Å². The molecule has 0 unspecified atom stereocenters. The molecule has 0 bridgehead atoms. The van der Waals surface area contributed by atoms with E-state index in [1.54, 1.807) is 12.3 Å². The summed E-state index contributed by atoms with van der Waals surface area (Å²) in [5.41, 5.74) is 4.22. The van der Waals surface area contributed by atoms with E-state index >= 15 is 0 Å². The van der Waals surface area contributed by atoms with E-state index in [-0.39, 0.29) is 30.5 Å². The number of amides is 2. The van der Waals surface area contributed by atoms with E-state index in [0.717, 1.165) is 16.8 Å². The van der Waals surface area contributed by atoms with Gasteiger partial charge in [-0.2, -0.15) is 5.26 Å². The van der Waals surface area contributed by atoms with Crippen molar-refractivity contribution in [2.75, 3.05) is 23.1 Å². The zero-order valence-corrected chi connectivity index (χ0v) is 25.9. The molecule has 2 N–H and O–H groups in total. The Labute approximate surface area is 257 Å². The van der Waals surface area contributed by atoms with Crippen LogP contribution in [-0.4, -0.2) is 28.1 Å². The second kappa shape index (κ2) is 14.7. The molecule has 8 nitrogen and oxygen atoms in total. The monoisotopic (exact) mass is 599 g/mol. The number of benzene rings is 2. The highest BCUT2D eigenvalue weighted by atomic mass is 35.5. The molecule has 0 spiro atoms. The SMILES string of the molecule is CC(C)c1cccc(C(C)C)c1NC(=O)Nc1c(-c2cccc(OCCCCl)c2)c2cccnc2n(CCCC#N)c1=O. The van der Waals surface area contributed by atoms with Crippen molar-refractivity contribution >= 4 is 40.0 Å². The number of halogens is 1. The largest absolute Gasteiger partial charge is 0.494 e. The van der Waals surface area contributed by atoms with E-state index in [0.29, 0.717) is 53.2 Å². The number of nitrogens with one attached hydrogen (secondary N) is 2. The number of pyridine rings is 2. The van der Waals surface area contributed by atoms with E-state index in [9.17, 15) is 9.59 Å². The molecule has 2 heterocycles. The van der Waals surface area contributed by atoms with Gasteiger partial charge in [0.2, 0.25) is 0 Å². The number of nitrogens with zero attached hydrogens (tertiary/aromatic N) is 3. The van der Waals surface area contributed by atoms with Crippen LogP contribution >= 0.6 is 11.6 Å². The second-order valence-electron chi connectivity index (χ2n) is 11.0. The highest BCUT2D eigenvalue weighted by Gasteiger charge is 2.23. The van der Waals surface area contributed by atoms with Crippen molar-refractivity contribution in [3.63, 3.8) is 0 Å². The van der Waals surface area contributed by atoms with Gasteiger partial charge in [0.05, 0.1) is 12.7 Å². The zero-order chi connectivity index (χ0) is 30.9. The number of para-hydroxylation sites is 1. The van der Waals surface area contributed by atoms with Gasteiger partial charge < -0.3 is 15.4 Å². The minimum absolute atomic E-state index is 0.126. The summed E-state index contributed by atoms with van der Waals surface area (Å²) in [6.45, 7) is 9.07. The molecule has 0 aliphatic carbocycles. The molecule has 2 aromatic carbocycles. The summed E-state index contributed by atoms with van der Waals surface area (Å²) in [5, 5.41) is 15.8. The van der Waals surface area contributed by atoms with Gasteiger partial charge >= 0.3 is 6.03 Å². The lowest BCUT2D eigenvalue weighted by atomic mass is 9.93. The number of ether oxygens (including phenoxy) is 1. The van der Waals surface area contributed by atoms with Gasteiger partial charge in [0.15, 0.2) is 0 Å². The minimum Gasteiger partial charge on any atom is -0.494 e. The molecule has 43 heavy (non-hydrogen) atoms. The molecule has 0 aliphatic rings. The first-order valence-corrected chi connectivity index (χ1v) is 15.2. The van der Waals surface area contributed by atoms with Gasteiger partial charge in [0.1, 0.15) is 17.1 Å². The maximum Gasteiger partial charge on any atom is 0.323 e. The lowest BCUT2D eigenvalue weighted by molar-refractivity contribution is 0.262. The second-order valence-corrected chi connectivity index (χ2v) is 11.3. The molecule has 0 saturated heterocycles. The average molecular weight is 600 g/mol. The van der Waals surface area contributed by atoms with Crippen molar-refractivity contribution in [1.29, 1.82) is 5.26 Å². The number of fused-ring (bicyclic) bond motifs is 1. The van der Waals surface area contributed by atoms with Gasteiger partial charge in [0.25, 0.3) is 5.56 Å². The number of anilines is 2. The summed E-state index contributed by atoms with van der Waals surface area (Å²) in [7, 11) is 0. The van der Waals surface area contributed by atoms with Crippen LogP contribution in [0.3, 0.4) is 0 Å². The molecule has 9 heteroatoms. The van der Waals surface area contributed by atoms with Crippen molar-refractivity contribution in [3.8, 4) is 22.9 Å². The van der Waals surface area contributed by atoms with Crippen LogP contribution in [0.4, 0.5) is 16.2 Å². The number of aromatic nitrogens is 2. The summed E-state index contributed by atoms with van der Waals surface area (Å²) < 4.78 is 7.43. The smallest absolute Gasteiger partial charge is 0.323 e. The molecule has 4 rings (SSSR count). The third-order valence-electron chi connectivity index (χ3n) is 7.21. The number of nitriles is 1. The van der Waals surface area contributed by atoms with Gasteiger partial charge in [0, 0.05) is 41.7 Å². The first-order valence-electron chi connectivity index (χ1n) is 14.6. The van der Waals surface area contributed by atoms with Crippen LogP contribution in [0, 0.1) is 11.3 Å². The molecule has 2 aromatic heterocycles. The Morgan fingerprint density at radius 3 is 2.37 bits per heavy atom. The van der Waals surface area contributed by atoms with E-state index in [1.165, 1.54) is 4.57 Å². The maximum atomic E-state index is 14.2. The molecule has 4 aromatic rings. The Kier molecular flexibility index (Phi) is 10.8. The van der Waals surface area contributed by atoms with Crippen molar-refractivity contribution in [2.45, 2.75) is 65.3 Å². The number of urea groups is 1. The van der Waals surface area contributed by atoms with Gasteiger partial charge in [-0.25, -0.2) is 9.78 Å². The summed E-state index contributed by atoms with van der Waals surface area (Å²) in [6, 6.07) is 18.7. The van der Waals surface area contributed by atoms with E-state index in [1.807, 2.05) is 48.5 Å². The van der Waals surface area contributed by atoms with Crippen molar-refractivity contribution in [2.24, 2.45) is 0 Å². The van der Waals surface area contributed by atoms with Crippen LogP contribution in [-0.2, 0) is 6.54 Å². The summed E-state index contributed by atoms with van der Waals surface area (Å²) in [4.78, 5) is 32.5. The Bertz CT molecular complexity index is 1660. The summed E-state index contributed by atoms with van der Waals surface area (Å²) in [5.74, 6) is 1.47. The number of alkyl halides is 1. The van der Waals surface area contributed by atoms with Gasteiger partial charge in [-0.05, 0) is 65.6 Å². The molecule has 224 valence electrons. The molecule has 0 aliphatic heterocycles. The van der Waals surface area contributed by atoms with Crippen LogP contribution in [0.15, 0.2) is 65.6 Å². The number of carbonyl (C=O) groups excluding carboxylic acids is 1. The Morgan fingerprint density at radius 2 is 1.70 bits per heavy atom. The summed E-state index contributed by atoms with van der Waals surface area (Å²) >= 11 is 5.83. The average Bonchev–Trinajstić information content (AvgIpc) is 2.99. The topological polar surface area (TPSA) is 109 Å². The van der Waals surface area contributed by atoms with Crippen molar-refractivity contribution < 1.29 is 9.53 Å². The van der Waals surface area contributed by atoms with Crippen molar-refractivity contribution in [3.05, 3.63) is 82.3 Å². The fourth-order valence-corrected chi connectivity index (χ4v) is 5.27. The van der Waals surface area contributed by atoms with E-state index < -0.39 is 11.6 Å². The number of unbranched alkanes of at least 4 members (excludes halogenated alkanes) is 1. The van der Waals surface area contributed by atoms with E-state index in [4.69, 9.17) is 21.6 Å². The molecular weight excluding hydrogens is 562 g/mol. The number of rotatable bonds is 12. The normalized spacial score (nSPS) is 11.1. The molecule has 0 saturated carbocycles. The van der Waals surface area contributed by atoms with Crippen LogP contribution < -0.4 is 20.9 Å². The summed E-state index contributed by atoms with van der Waals surface area (Å²) in [6.07, 6.45) is 3.09. The van der Waals surface area contributed by atoms with Crippen LogP contribution in [0.25, 0.3) is 22.2 Å². The number of carbonyl (C=O) groups is 1. The first-order chi connectivity index (χ1) is 20.8. The fourth-order valence-electron chi connectivity index (χ4n) is 5.16. The highest BCUT2D eigenvalue weighted by molar-refractivity contribution is 6.17. The van der Waals surface area contributed by atoms with Crippen LogP contribution in [0.2, 0.25) is 0 Å². The highest BCUT2D eigenvalue weighted by Crippen LogP contribution is 2.36. The van der Waals surface area contributed by atoms with Crippen LogP contribution in [0.1, 0.15) is 69.9 Å². The predicted octanol–water partition coefficient (Wildman–Crippen LogP) is 8.27. The van der Waals surface area contributed by atoms with Gasteiger partial charge in [-0.3, -0.25) is 9.36 Å². The third kappa shape index (κ3) is 7.36. The minimum atomic E-state index is -0.519. The Hall–Kier alpha value is -4.35. The first kappa shape index (κ1) is 31.6. The van der Waals surface area contributed by atoms with Gasteiger partial charge in [-0.15, -0.1) is 11.6 Å². The number of hydrogen-bond acceptors (Lipinski definition) is 5. The number of aryl methyl sites for hydroxylation is 1. The van der Waals surface area contributed by atoms with E-state index in [2.05, 4.69) is 49.4 Å². The lowest BCUT2D eigenvalue weighted by Gasteiger charge is -2.22. The third-order valence-corrected chi connectivity index (χ3v) is 7.48. The van der Waals surface area contributed by atoms with Crippen molar-refractivity contribution in [1.82, 2.24) is 9.55 Å². The fraction of sp³-hybridized carbons (Fsp3) is 0.353. The quantitative estimate of drug-likeness (QED) is 0.126. The Morgan fingerprint density at radius 1 is 1.00 bits per heavy atom. The standard InChI is InChI=1S/C34H38ClN5O3/c1-22(2)26-13-8-14-27(23(3)4)30(26)38-34(42)39-31-29(24-11-7-12-25(21-24)43-20-10-16-35)28-15-9-18-37-32(28)40(33(31)41)19-6-5-17-36/h7-9,11-15,18,21-23H,5-6,10,16,19-20H2,1-4H3,(H2,38,39,42).